The minimum Gasteiger partial charge on any atom is -0.399 e. The average Bonchev–Trinajstić information content (AvgIpc) is 2.28. The van der Waals surface area contributed by atoms with Crippen LogP contribution >= 0.6 is 0 Å². The van der Waals surface area contributed by atoms with Crippen LogP contribution in [0.2, 0.25) is 0 Å². The highest BCUT2D eigenvalue weighted by Crippen LogP contribution is 2.32. The van der Waals surface area contributed by atoms with Crippen LogP contribution in [0.25, 0.3) is 11.1 Å². The molecule has 1 aromatic heterocycles. The molecule has 0 aliphatic carbocycles. The molecule has 2 heteroatoms. The number of benzene rings is 1. The van der Waals surface area contributed by atoms with Crippen LogP contribution in [-0.4, -0.2) is 4.98 Å². The number of pyridine rings is 1. The van der Waals surface area contributed by atoms with E-state index < -0.39 is 0 Å². The third-order valence-electron chi connectivity index (χ3n) is 2.66. The lowest BCUT2D eigenvalue weighted by atomic mass is 9.85. The maximum atomic E-state index is 5.89. The van der Waals surface area contributed by atoms with Crippen molar-refractivity contribution in [2.75, 3.05) is 5.73 Å². The minimum absolute atomic E-state index is 0.121. The second kappa shape index (κ2) is 4.81. The van der Waals surface area contributed by atoms with E-state index in [-0.39, 0.29) is 5.41 Å². The summed E-state index contributed by atoms with van der Waals surface area (Å²) in [7, 11) is 0. The fourth-order valence-corrected chi connectivity index (χ4v) is 1.96. The molecule has 0 saturated heterocycles. The molecule has 0 bridgehead atoms. The first kappa shape index (κ1) is 12.6. The summed E-state index contributed by atoms with van der Waals surface area (Å²) in [6, 6.07) is 10.1. The van der Waals surface area contributed by atoms with Gasteiger partial charge in [0.25, 0.3) is 0 Å². The maximum Gasteiger partial charge on any atom is 0.0317 e. The number of anilines is 1. The molecule has 0 saturated carbocycles. The Bertz CT molecular complexity index is 525. The normalized spacial score (nSPS) is 11.5. The predicted octanol–water partition coefficient (Wildman–Crippen LogP) is 3.93. The van der Waals surface area contributed by atoms with Gasteiger partial charge in [0.15, 0.2) is 0 Å². The minimum atomic E-state index is 0.121. The van der Waals surface area contributed by atoms with Crippen LogP contribution in [-0.2, 0) is 0 Å². The van der Waals surface area contributed by atoms with Gasteiger partial charge in [0.05, 0.1) is 0 Å². The molecule has 0 unspecified atom stereocenters. The molecule has 1 heterocycles. The van der Waals surface area contributed by atoms with Gasteiger partial charge >= 0.3 is 0 Å². The van der Waals surface area contributed by atoms with Gasteiger partial charge in [-0.3, -0.25) is 4.98 Å². The Morgan fingerprint density at radius 3 is 2.33 bits per heavy atom. The number of nitrogen functional groups attached to an aromatic ring is 1. The Balaban J connectivity index is 2.47. The number of nitrogens with two attached hydrogens (primary N) is 1. The van der Waals surface area contributed by atoms with E-state index in [1.54, 1.807) is 0 Å². The zero-order chi connectivity index (χ0) is 13.2. The third kappa shape index (κ3) is 3.10. The summed E-state index contributed by atoms with van der Waals surface area (Å²) in [5.41, 5.74) is 10.3. The van der Waals surface area contributed by atoms with Crippen molar-refractivity contribution in [1.29, 1.82) is 0 Å². The average molecular weight is 239 g/mol. The van der Waals surface area contributed by atoms with Crippen molar-refractivity contribution < 1.29 is 0 Å². The Morgan fingerprint density at radius 2 is 1.72 bits per heavy atom. The molecule has 0 amide bonds. The van der Waals surface area contributed by atoms with Crippen molar-refractivity contribution in [1.82, 2.24) is 4.98 Å². The van der Waals surface area contributed by atoms with Crippen LogP contribution in [0.5, 0.6) is 0 Å². The largest absolute Gasteiger partial charge is 0.399 e. The van der Waals surface area contributed by atoms with Crippen LogP contribution < -0.4 is 5.73 Å². The zero-order valence-corrected chi connectivity index (χ0v) is 11.1. The fraction of sp³-hybridized carbons (Fsp3) is 0.250. The van der Waals surface area contributed by atoms with Crippen LogP contribution in [0, 0.1) is 11.8 Å². The molecule has 0 atom stereocenters. The Hall–Kier alpha value is -1.83. The lowest BCUT2D eigenvalue weighted by molar-refractivity contribution is 0.506. The van der Waals surface area contributed by atoms with Crippen LogP contribution in [0.4, 0.5) is 5.69 Å². The van der Waals surface area contributed by atoms with Gasteiger partial charge in [-0.25, -0.2) is 0 Å². The lowest BCUT2D eigenvalue weighted by Gasteiger charge is -2.20. The third-order valence-corrected chi connectivity index (χ3v) is 2.66. The number of hydrogen-bond donors (Lipinski definition) is 1. The molecule has 18 heavy (non-hydrogen) atoms. The van der Waals surface area contributed by atoms with Crippen molar-refractivity contribution in [2.45, 2.75) is 20.8 Å². The molecule has 2 aromatic rings. The van der Waals surface area contributed by atoms with Crippen molar-refractivity contribution in [3.63, 3.8) is 0 Å². The summed E-state index contributed by atoms with van der Waals surface area (Å²) in [6.07, 6.45) is 5.87. The van der Waals surface area contributed by atoms with E-state index in [0.29, 0.717) is 0 Å². The SMILES string of the molecule is CC(C)(C)[CH]c1cc(N)ccc1-c1ccncc1. The second-order valence-corrected chi connectivity index (χ2v) is 5.59. The van der Waals surface area contributed by atoms with Gasteiger partial charge in [-0.2, -0.15) is 0 Å². The highest BCUT2D eigenvalue weighted by atomic mass is 14.6. The number of rotatable bonds is 2. The van der Waals surface area contributed by atoms with E-state index in [4.69, 9.17) is 5.73 Å². The van der Waals surface area contributed by atoms with Gasteiger partial charge in [0, 0.05) is 18.1 Å². The van der Waals surface area contributed by atoms with Gasteiger partial charge in [-0.05, 0) is 52.8 Å². The van der Waals surface area contributed by atoms with E-state index in [9.17, 15) is 0 Å². The van der Waals surface area contributed by atoms with Crippen LogP contribution in [0.1, 0.15) is 26.3 Å². The Kier molecular flexibility index (Phi) is 3.37. The van der Waals surface area contributed by atoms with Crippen LogP contribution in [0.3, 0.4) is 0 Å². The first-order chi connectivity index (χ1) is 8.46. The van der Waals surface area contributed by atoms with Gasteiger partial charge in [-0.15, -0.1) is 0 Å². The monoisotopic (exact) mass is 239 g/mol. The van der Waals surface area contributed by atoms with Gasteiger partial charge in [0.1, 0.15) is 0 Å². The van der Waals surface area contributed by atoms with Crippen molar-refractivity contribution in [2.24, 2.45) is 5.41 Å². The van der Waals surface area contributed by atoms with E-state index in [1.165, 1.54) is 16.7 Å². The van der Waals surface area contributed by atoms with Crippen molar-refractivity contribution in [3.05, 3.63) is 54.7 Å². The van der Waals surface area contributed by atoms with Crippen LogP contribution in [0.15, 0.2) is 42.7 Å². The molecule has 0 aliphatic rings. The summed E-state index contributed by atoms with van der Waals surface area (Å²) >= 11 is 0. The fourth-order valence-electron chi connectivity index (χ4n) is 1.96. The predicted molar refractivity (Wildman–Crippen MR) is 76.9 cm³/mol. The topological polar surface area (TPSA) is 38.9 Å². The summed E-state index contributed by atoms with van der Waals surface area (Å²) in [5.74, 6) is 0. The van der Waals surface area contributed by atoms with E-state index in [2.05, 4.69) is 38.2 Å². The highest BCUT2D eigenvalue weighted by molar-refractivity contribution is 5.71. The van der Waals surface area contributed by atoms with Gasteiger partial charge in [-0.1, -0.05) is 26.8 Å². The molecule has 0 aliphatic heterocycles. The molecule has 2 N–H and O–H groups in total. The van der Waals surface area contributed by atoms with Gasteiger partial charge < -0.3 is 5.73 Å². The number of aromatic nitrogens is 1. The Labute approximate surface area is 109 Å². The highest BCUT2D eigenvalue weighted by Gasteiger charge is 2.15. The summed E-state index contributed by atoms with van der Waals surface area (Å²) in [4.78, 5) is 4.06. The molecule has 1 radical (unpaired) electrons. The van der Waals surface area contributed by atoms with Crippen molar-refractivity contribution in [3.8, 4) is 11.1 Å². The summed E-state index contributed by atoms with van der Waals surface area (Å²) < 4.78 is 0. The maximum absolute atomic E-state index is 5.89. The number of hydrogen-bond acceptors (Lipinski definition) is 2. The molecular formula is C16H19N2. The second-order valence-electron chi connectivity index (χ2n) is 5.59. The summed E-state index contributed by atoms with van der Waals surface area (Å²) in [6.45, 7) is 6.56. The van der Waals surface area contributed by atoms with E-state index >= 15 is 0 Å². The van der Waals surface area contributed by atoms with E-state index in [1.807, 2.05) is 36.7 Å². The van der Waals surface area contributed by atoms with Gasteiger partial charge in [0.2, 0.25) is 0 Å². The first-order valence-electron chi connectivity index (χ1n) is 6.11. The molecule has 93 valence electrons. The molecule has 1 aromatic carbocycles. The van der Waals surface area contributed by atoms with Crippen molar-refractivity contribution >= 4 is 5.69 Å². The molecule has 2 nitrogen and oxygen atoms in total. The molecule has 2 rings (SSSR count). The smallest absolute Gasteiger partial charge is 0.0317 e. The zero-order valence-electron chi connectivity index (χ0n) is 11.1. The van der Waals surface area contributed by atoms with E-state index in [0.717, 1.165) is 5.69 Å². The first-order valence-corrected chi connectivity index (χ1v) is 6.11. The standard InChI is InChI=1S/C16H19N2/c1-16(2,3)11-13-10-14(17)4-5-15(13)12-6-8-18-9-7-12/h4-11H,17H2,1-3H3. The molecular weight excluding hydrogens is 220 g/mol. The quantitative estimate of drug-likeness (QED) is 0.806. The molecule has 0 spiro atoms. The molecule has 0 fully saturated rings. The lowest BCUT2D eigenvalue weighted by Crippen LogP contribution is -2.08. The summed E-state index contributed by atoms with van der Waals surface area (Å²) in [5, 5.41) is 0. The number of nitrogens with zero attached hydrogens (tertiary/aromatic N) is 1. The Morgan fingerprint density at radius 1 is 1.06 bits per heavy atom.